The van der Waals surface area contributed by atoms with Crippen molar-refractivity contribution in [1.82, 2.24) is 5.32 Å². The fourth-order valence-corrected chi connectivity index (χ4v) is 7.31. The van der Waals surface area contributed by atoms with Gasteiger partial charge in [-0.2, -0.15) is 0 Å². The number of nitrogens with one attached hydrogen (secondary N) is 1. The van der Waals surface area contributed by atoms with Crippen LogP contribution < -0.4 is 5.32 Å². The van der Waals surface area contributed by atoms with Crippen LogP contribution in [0.1, 0.15) is 213 Å². The van der Waals surface area contributed by atoms with E-state index < -0.39 is 20.0 Å². The molecule has 0 radical (unpaired) electrons. The quantitative estimate of drug-likeness (QED) is 0.0327. The zero-order chi connectivity index (χ0) is 37.9. The number of amides is 1. The third-order valence-electron chi connectivity index (χ3n) is 10.1. The van der Waals surface area contributed by atoms with E-state index in [2.05, 4.69) is 19.2 Å². The Morgan fingerprint density at radius 1 is 0.588 bits per heavy atom. The number of hydrogen-bond donors (Lipinski definition) is 3. The largest absolute Gasteiger partial charge is 0.472 e. The van der Waals surface area contributed by atoms with Gasteiger partial charge >= 0.3 is 7.82 Å². The van der Waals surface area contributed by atoms with Crippen molar-refractivity contribution in [2.75, 3.05) is 40.9 Å². The van der Waals surface area contributed by atoms with E-state index >= 15 is 0 Å². The van der Waals surface area contributed by atoms with Crippen LogP contribution in [0.25, 0.3) is 0 Å². The van der Waals surface area contributed by atoms with Crippen molar-refractivity contribution in [3.8, 4) is 0 Å². The first-order chi connectivity index (χ1) is 24.5. The van der Waals surface area contributed by atoms with Gasteiger partial charge in [0.1, 0.15) is 13.2 Å². The monoisotopic (exact) mass is 748 g/mol. The second-order valence-electron chi connectivity index (χ2n) is 16.4. The number of hydrogen-bond acceptors (Lipinski definition) is 5. The third kappa shape index (κ3) is 37.6. The number of carbonyl (C=O) groups excluding carboxylic acids is 1. The number of phosphoric acid groups is 1. The number of nitrogens with zero attached hydrogens (tertiary/aromatic N) is 1. The van der Waals surface area contributed by atoms with E-state index in [1.54, 1.807) is 0 Å². The molecule has 51 heavy (non-hydrogen) atoms. The lowest BCUT2D eigenvalue weighted by Crippen LogP contribution is -2.46. The highest BCUT2D eigenvalue weighted by atomic mass is 31.2. The number of rotatable bonds is 40. The highest BCUT2D eigenvalue weighted by Gasteiger charge is 2.28. The summed E-state index contributed by atoms with van der Waals surface area (Å²) in [5.74, 6) is -0.160. The highest BCUT2D eigenvalue weighted by Crippen LogP contribution is 2.43. The van der Waals surface area contributed by atoms with Crippen molar-refractivity contribution in [2.24, 2.45) is 0 Å². The van der Waals surface area contributed by atoms with Crippen molar-refractivity contribution in [3.63, 3.8) is 0 Å². The molecule has 3 unspecified atom stereocenters. The van der Waals surface area contributed by atoms with E-state index in [0.29, 0.717) is 23.9 Å². The summed E-state index contributed by atoms with van der Waals surface area (Å²) in [6, 6.07) is -0.750. The number of quaternary nitrogens is 1. The summed E-state index contributed by atoms with van der Waals surface area (Å²) in [7, 11) is 1.62. The van der Waals surface area contributed by atoms with Crippen molar-refractivity contribution in [3.05, 3.63) is 0 Å². The Hall–Kier alpha value is -0.500. The maximum atomic E-state index is 12.6. The van der Waals surface area contributed by atoms with Crippen LogP contribution in [-0.4, -0.2) is 73.4 Å². The maximum absolute atomic E-state index is 12.6. The lowest BCUT2D eigenvalue weighted by Gasteiger charge is -2.26. The Morgan fingerprint density at radius 2 is 0.941 bits per heavy atom. The number of aliphatic hydroxyl groups excluding tert-OH is 1. The standard InChI is InChI=1S/C42H87N2O6P/c1-6-8-10-12-13-14-15-16-17-18-19-20-21-22-23-24-25-26-27-28-29-30-31-32-33-35-41(45)40(43-42(46)36-34-11-9-7-2)39-50-51(47,48)49-38-37-44(3,4)5/h40-41,45H,6-39H2,1-5H3,(H-,43,46,47,48)/p+1. The van der Waals surface area contributed by atoms with Crippen molar-refractivity contribution in [2.45, 2.75) is 225 Å². The number of phosphoric ester groups is 1. The van der Waals surface area contributed by atoms with E-state index in [1.165, 1.54) is 141 Å². The van der Waals surface area contributed by atoms with Crippen LogP contribution in [0.4, 0.5) is 0 Å². The first-order valence-corrected chi connectivity index (χ1v) is 23.4. The molecule has 0 aromatic carbocycles. The molecule has 0 heterocycles. The zero-order valence-electron chi connectivity index (χ0n) is 34.6. The molecule has 9 heteroatoms. The second-order valence-corrected chi connectivity index (χ2v) is 17.9. The summed E-state index contributed by atoms with van der Waals surface area (Å²) in [6.07, 6.45) is 37.7. The van der Waals surface area contributed by atoms with Gasteiger partial charge in [-0.05, 0) is 12.8 Å². The van der Waals surface area contributed by atoms with Crippen LogP contribution in [0.2, 0.25) is 0 Å². The van der Waals surface area contributed by atoms with Gasteiger partial charge in [0.25, 0.3) is 0 Å². The summed E-state index contributed by atoms with van der Waals surface area (Å²) in [5, 5.41) is 13.8. The van der Waals surface area contributed by atoms with Crippen LogP contribution in [0.5, 0.6) is 0 Å². The van der Waals surface area contributed by atoms with Gasteiger partial charge in [0.05, 0.1) is 39.9 Å². The van der Waals surface area contributed by atoms with Crippen LogP contribution in [-0.2, 0) is 18.4 Å². The second kappa shape index (κ2) is 35.2. The molecule has 0 aromatic heterocycles. The summed E-state index contributed by atoms with van der Waals surface area (Å²) >= 11 is 0. The van der Waals surface area contributed by atoms with E-state index in [0.717, 1.165) is 44.9 Å². The zero-order valence-corrected chi connectivity index (χ0v) is 35.5. The minimum absolute atomic E-state index is 0.0772. The SMILES string of the molecule is CCCCCCCCCCCCCCCCCCCCCCCCCCCC(O)C(COP(=O)(O)OCC[N+](C)(C)C)NC(=O)CCCCCC. The number of unbranched alkanes of at least 4 members (excludes halogenated alkanes) is 27. The van der Waals surface area contributed by atoms with Crippen LogP contribution >= 0.6 is 7.82 Å². The van der Waals surface area contributed by atoms with Crippen LogP contribution in [0, 0.1) is 0 Å². The lowest BCUT2D eigenvalue weighted by molar-refractivity contribution is -0.870. The summed E-state index contributed by atoms with van der Waals surface area (Å²) in [4.78, 5) is 22.7. The van der Waals surface area contributed by atoms with Crippen molar-refractivity contribution in [1.29, 1.82) is 0 Å². The average Bonchev–Trinajstić information content (AvgIpc) is 3.07. The lowest BCUT2D eigenvalue weighted by atomic mass is 10.0. The fraction of sp³-hybridized carbons (Fsp3) is 0.976. The molecular formula is C42H88N2O6P+. The van der Waals surface area contributed by atoms with Gasteiger partial charge in [0.2, 0.25) is 5.91 Å². The molecule has 3 N–H and O–H groups in total. The highest BCUT2D eigenvalue weighted by molar-refractivity contribution is 7.47. The molecule has 0 saturated heterocycles. The van der Waals surface area contributed by atoms with E-state index in [1.807, 2.05) is 21.1 Å². The predicted molar refractivity (Wildman–Crippen MR) is 217 cm³/mol. The molecule has 3 atom stereocenters. The number of likely N-dealkylation sites (N-methyl/N-ethyl adjacent to an activating group) is 1. The molecule has 0 spiro atoms. The maximum Gasteiger partial charge on any atom is 0.472 e. The van der Waals surface area contributed by atoms with Gasteiger partial charge in [-0.25, -0.2) is 4.57 Å². The predicted octanol–water partition coefficient (Wildman–Crippen LogP) is 11.8. The molecule has 306 valence electrons. The molecular weight excluding hydrogens is 659 g/mol. The Bertz CT molecular complexity index is 809. The molecule has 0 bridgehead atoms. The minimum Gasteiger partial charge on any atom is -0.391 e. The van der Waals surface area contributed by atoms with Gasteiger partial charge in [-0.1, -0.05) is 194 Å². The Morgan fingerprint density at radius 3 is 1.31 bits per heavy atom. The number of aliphatic hydroxyl groups is 1. The van der Waals surface area contributed by atoms with Crippen molar-refractivity contribution >= 4 is 13.7 Å². The molecule has 0 aliphatic rings. The van der Waals surface area contributed by atoms with Crippen LogP contribution in [0.15, 0.2) is 0 Å². The average molecular weight is 748 g/mol. The fourth-order valence-electron chi connectivity index (χ4n) is 6.58. The van der Waals surface area contributed by atoms with Gasteiger partial charge in [-0.3, -0.25) is 13.8 Å². The Labute approximate surface area is 317 Å². The minimum atomic E-state index is -4.29. The molecule has 0 fully saturated rings. The summed E-state index contributed by atoms with van der Waals surface area (Å²) in [5.41, 5.74) is 0. The summed E-state index contributed by atoms with van der Waals surface area (Å²) < 4.78 is 23.4. The molecule has 0 rings (SSSR count). The van der Waals surface area contributed by atoms with Crippen molar-refractivity contribution < 1.29 is 32.9 Å². The van der Waals surface area contributed by atoms with Gasteiger partial charge < -0.3 is 19.8 Å². The van der Waals surface area contributed by atoms with Crippen LogP contribution in [0.3, 0.4) is 0 Å². The molecule has 1 amide bonds. The third-order valence-corrected chi connectivity index (χ3v) is 11.1. The van der Waals surface area contributed by atoms with E-state index in [4.69, 9.17) is 9.05 Å². The smallest absolute Gasteiger partial charge is 0.391 e. The first kappa shape index (κ1) is 50.5. The van der Waals surface area contributed by atoms with Gasteiger partial charge in [0.15, 0.2) is 0 Å². The molecule has 0 aliphatic carbocycles. The normalized spacial score (nSPS) is 14.4. The van der Waals surface area contributed by atoms with E-state index in [-0.39, 0.29) is 19.1 Å². The molecule has 0 aliphatic heterocycles. The first-order valence-electron chi connectivity index (χ1n) is 21.9. The summed E-state index contributed by atoms with van der Waals surface area (Å²) in [6.45, 7) is 4.78. The molecule has 8 nitrogen and oxygen atoms in total. The van der Waals surface area contributed by atoms with Gasteiger partial charge in [-0.15, -0.1) is 0 Å². The van der Waals surface area contributed by atoms with E-state index in [9.17, 15) is 19.4 Å². The molecule has 0 saturated carbocycles. The Kier molecular flexibility index (Phi) is 34.9. The Balaban J connectivity index is 3.93. The topological polar surface area (TPSA) is 105 Å². The van der Waals surface area contributed by atoms with Gasteiger partial charge in [0, 0.05) is 6.42 Å². The molecule has 0 aromatic rings. The number of carbonyl (C=O) groups is 1.